The predicted octanol–water partition coefficient (Wildman–Crippen LogP) is 3.68. The van der Waals surface area contributed by atoms with Gasteiger partial charge in [-0.25, -0.2) is 4.68 Å². The lowest BCUT2D eigenvalue weighted by Gasteiger charge is -2.20. The van der Waals surface area contributed by atoms with Crippen LogP contribution in [0.15, 0.2) is 47.4 Å². The molecule has 2 aromatic heterocycles. The quantitative estimate of drug-likeness (QED) is 0.376. The maximum absolute atomic E-state index is 11.7. The molecule has 0 amide bonds. The smallest absolute Gasteiger partial charge is 0.305 e. The second-order valence-corrected chi connectivity index (χ2v) is 8.11. The van der Waals surface area contributed by atoms with E-state index < -0.39 is 0 Å². The summed E-state index contributed by atoms with van der Waals surface area (Å²) in [5.74, 6) is -0.113. The molecule has 2 aromatic rings. The molecule has 0 bridgehead atoms. The molecule has 0 fully saturated rings. The van der Waals surface area contributed by atoms with Crippen LogP contribution >= 0.6 is 11.6 Å². The Hall–Kier alpha value is -3.33. The third-order valence-electron chi connectivity index (χ3n) is 5.14. The van der Waals surface area contributed by atoms with Crippen molar-refractivity contribution < 1.29 is 23.8 Å². The number of carbonyl (C=O) groups is 2. The van der Waals surface area contributed by atoms with Crippen molar-refractivity contribution in [3.05, 3.63) is 53.0 Å². The molecular weight excluding hydrogens is 460 g/mol. The highest BCUT2D eigenvalue weighted by Crippen LogP contribution is 2.37. The highest BCUT2D eigenvalue weighted by atomic mass is 35.5. The van der Waals surface area contributed by atoms with Gasteiger partial charge in [-0.3, -0.25) is 14.6 Å². The Morgan fingerprint density at radius 2 is 2.12 bits per heavy atom. The molecule has 9 nitrogen and oxygen atoms in total. The number of allylic oxidation sites excluding steroid dienone is 3. The molecule has 1 atom stereocenters. The first-order valence-corrected chi connectivity index (χ1v) is 11.5. The second-order valence-electron chi connectivity index (χ2n) is 7.66. The third-order valence-corrected chi connectivity index (χ3v) is 5.51. The summed E-state index contributed by atoms with van der Waals surface area (Å²) in [5, 5.41) is 5.39. The van der Waals surface area contributed by atoms with Crippen LogP contribution in [0.3, 0.4) is 0 Å². The van der Waals surface area contributed by atoms with Crippen LogP contribution in [0.25, 0.3) is 11.3 Å². The Bertz CT molecular complexity index is 1060. The van der Waals surface area contributed by atoms with Gasteiger partial charge in [0.25, 0.3) is 0 Å². The van der Waals surface area contributed by atoms with Crippen molar-refractivity contribution in [2.45, 2.75) is 45.6 Å². The first-order chi connectivity index (χ1) is 16.4. The summed E-state index contributed by atoms with van der Waals surface area (Å²) in [4.78, 5) is 27.3. The molecule has 2 N–H and O–H groups in total. The molecule has 1 aliphatic rings. The minimum atomic E-state index is -0.366. The molecule has 182 valence electrons. The van der Waals surface area contributed by atoms with Gasteiger partial charge in [0, 0.05) is 60.4 Å². The lowest BCUT2D eigenvalue weighted by molar-refractivity contribution is -0.143. The molecule has 1 aliphatic carbocycles. The van der Waals surface area contributed by atoms with Crippen molar-refractivity contribution in [1.29, 1.82) is 0 Å². The number of nitrogens with two attached hydrogens (primary N) is 1. The molecule has 0 saturated carbocycles. The number of nitrogens with zero attached hydrogens (tertiary/aromatic N) is 3. The normalized spacial score (nSPS) is 15.3. The number of ether oxygens (including phenoxy) is 3. The average molecular weight is 489 g/mol. The number of aromatic nitrogens is 3. The van der Waals surface area contributed by atoms with Gasteiger partial charge in [-0.05, 0) is 31.6 Å². The van der Waals surface area contributed by atoms with Gasteiger partial charge in [0.05, 0.1) is 25.9 Å². The van der Waals surface area contributed by atoms with E-state index in [1.54, 1.807) is 30.1 Å². The Balaban J connectivity index is 1.95. The first-order valence-electron chi connectivity index (χ1n) is 11.2. The van der Waals surface area contributed by atoms with Gasteiger partial charge >= 0.3 is 11.9 Å². The van der Waals surface area contributed by atoms with E-state index >= 15 is 0 Å². The van der Waals surface area contributed by atoms with E-state index in [4.69, 9.17) is 36.6 Å². The zero-order valence-electron chi connectivity index (χ0n) is 19.3. The van der Waals surface area contributed by atoms with Crippen molar-refractivity contribution in [2.75, 3.05) is 19.8 Å². The predicted molar refractivity (Wildman–Crippen MR) is 127 cm³/mol. The fourth-order valence-corrected chi connectivity index (χ4v) is 3.77. The summed E-state index contributed by atoms with van der Waals surface area (Å²) in [6, 6.07) is 3.50. The molecular formula is C24H29ClN4O5. The minimum Gasteiger partial charge on any atom is -0.478 e. The maximum atomic E-state index is 11.7. The topological polar surface area (TPSA) is 119 Å². The summed E-state index contributed by atoms with van der Waals surface area (Å²) < 4.78 is 18.1. The van der Waals surface area contributed by atoms with E-state index in [0.29, 0.717) is 48.2 Å². The Morgan fingerprint density at radius 1 is 1.29 bits per heavy atom. The first kappa shape index (κ1) is 25.3. The van der Waals surface area contributed by atoms with Crippen molar-refractivity contribution in [2.24, 2.45) is 5.73 Å². The Morgan fingerprint density at radius 3 is 2.79 bits per heavy atom. The standard InChI is InChI=1S/C24H29ClN4O5/c1-3-32-22(31)7-5-12-34-24-19(10-13-33-16(2)30)23(17-6-4-11-27-15-17)28-29(24)18-8-9-21(26)20(25)14-18/h4,6,8-9,11,15,18H,3,5,7,10,12-14,26H2,1-2H3. The summed E-state index contributed by atoms with van der Waals surface area (Å²) in [7, 11) is 0. The lowest BCUT2D eigenvalue weighted by Crippen LogP contribution is -2.16. The van der Waals surface area contributed by atoms with E-state index in [-0.39, 0.29) is 37.6 Å². The Kier molecular flexibility index (Phi) is 9.09. The number of rotatable bonds is 11. The zero-order valence-corrected chi connectivity index (χ0v) is 20.1. The molecule has 0 saturated heterocycles. The molecule has 10 heteroatoms. The molecule has 3 rings (SSSR count). The summed E-state index contributed by atoms with van der Waals surface area (Å²) in [6.07, 6.45) is 8.64. The fourth-order valence-electron chi connectivity index (χ4n) is 3.55. The Labute approximate surface area is 203 Å². The number of carbonyl (C=O) groups excluding carboxylic acids is 2. The highest BCUT2D eigenvalue weighted by Gasteiger charge is 2.26. The van der Waals surface area contributed by atoms with Crippen LogP contribution in [0.2, 0.25) is 0 Å². The average Bonchev–Trinajstić information content (AvgIpc) is 3.17. The molecule has 0 aliphatic heterocycles. The van der Waals surface area contributed by atoms with Crippen molar-refractivity contribution in [3.8, 4) is 17.1 Å². The van der Waals surface area contributed by atoms with Crippen LogP contribution in [0.5, 0.6) is 5.88 Å². The minimum absolute atomic E-state index is 0.168. The lowest BCUT2D eigenvalue weighted by atomic mass is 10.1. The van der Waals surface area contributed by atoms with E-state index in [1.165, 1.54) is 6.92 Å². The molecule has 34 heavy (non-hydrogen) atoms. The van der Waals surface area contributed by atoms with E-state index in [0.717, 1.165) is 11.1 Å². The van der Waals surface area contributed by atoms with Gasteiger partial charge in [0.2, 0.25) is 5.88 Å². The van der Waals surface area contributed by atoms with E-state index in [2.05, 4.69) is 4.98 Å². The van der Waals surface area contributed by atoms with Crippen LogP contribution in [-0.4, -0.2) is 46.5 Å². The molecule has 0 aromatic carbocycles. The summed E-state index contributed by atoms with van der Waals surface area (Å²) >= 11 is 6.34. The molecule has 2 heterocycles. The van der Waals surface area contributed by atoms with E-state index in [9.17, 15) is 9.59 Å². The molecule has 1 unspecified atom stereocenters. The van der Waals surface area contributed by atoms with Crippen LogP contribution in [0.1, 0.15) is 44.7 Å². The van der Waals surface area contributed by atoms with Crippen molar-refractivity contribution in [1.82, 2.24) is 14.8 Å². The molecule has 0 radical (unpaired) electrons. The number of esters is 2. The van der Waals surface area contributed by atoms with Gasteiger partial charge in [0.1, 0.15) is 5.69 Å². The largest absolute Gasteiger partial charge is 0.478 e. The fraction of sp³-hybridized carbons (Fsp3) is 0.417. The van der Waals surface area contributed by atoms with Gasteiger partial charge in [-0.2, -0.15) is 5.10 Å². The third kappa shape index (κ3) is 6.60. The number of hydrogen-bond acceptors (Lipinski definition) is 8. The number of pyridine rings is 1. The number of hydrogen-bond donors (Lipinski definition) is 1. The van der Waals surface area contributed by atoms with Crippen LogP contribution in [0.4, 0.5) is 0 Å². The summed E-state index contributed by atoms with van der Waals surface area (Å²) in [5.41, 5.74) is 8.70. The zero-order chi connectivity index (χ0) is 24.5. The van der Waals surface area contributed by atoms with Crippen molar-refractivity contribution in [3.63, 3.8) is 0 Å². The van der Waals surface area contributed by atoms with Gasteiger partial charge < -0.3 is 19.9 Å². The monoisotopic (exact) mass is 488 g/mol. The number of halogens is 1. The maximum Gasteiger partial charge on any atom is 0.305 e. The van der Waals surface area contributed by atoms with E-state index in [1.807, 2.05) is 18.2 Å². The van der Waals surface area contributed by atoms with Crippen LogP contribution in [-0.2, 0) is 25.5 Å². The van der Waals surface area contributed by atoms with Crippen LogP contribution in [0, 0.1) is 0 Å². The van der Waals surface area contributed by atoms with Gasteiger partial charge in [-0.1, -0.05) is 17.7 Å². The van der Waals surface area contributed by atoms with Gasteiger partial charge in [0.15, 0.2) is 0 Å². The van der Waals surface area contributed by atoms with Gasteiger partial charge in [-0.15, -0.1) is 0 Å². The van der Waals surface area contributed by atoms with Crippen LogP contribution < -0.4 is 10.5 Å². The summed E-state index contributed by atoms with van der Waals surface area (Å²) in [6.45, 7) is 3.92. The highest BCUT2D eigenvalue weighted by molar-refractivity contribution is 6.30. The molecule has 0 spiro atoms. The van der Waals surface area contributed by atoms with Crippen molar-refractivity contribution >= 4 is 23.5 Å². The second kappa shape index (κ2) is 12.2. The SMILES string of the molecule is CCOC(=O)CCCOc1c(CCOC(C)=O)c(-c2cccnc2)nn1C1C=CC(N)=C(Cl)C1.